The van der Waals surface area contributed by atoms with E-state index in [1.165, 1.54) is 5.56 Å². The van der Waals surface area contributed by atoms with Crippen LogP contribution in [0.4, 0.5) is 0 Å². The average molecular weight is 391 g/mol. The molecule has 2 heterocycles. The Morgan fingerprint density at radius 2 is 2.00 bits per heavy atom. The van der Waals surface area contributed by atoms with Crippen LogP contribution >= 0.6 is 0 Å². The topological polar surface area (TPSA) is 68.5 Å². The van der Waals surface area contributed by atoms with Gasteiger partial charge in [0.1, 0.15) is 5.75 Å². The monoisotopic (exact) mass is 391 g/mol. The first-order valence-electron chi connectivity index (χ1n) is 9.92. The van der Waals surface area contributed by atoms with E-state index >= 15 is 0 Å². The second-order valence-electron chi connectivity index (χ2n) is 7.81. The summed E-state index contributed by atoms with van der Waals surface area (Å²) in [5, 5.41) is 4.11. The first kappa shape index (κ1) is 19.2. The van der Waals surface area contributed by atoms with Crippen LogP contribution in [-0.2, 0) is 11.3 Å². The van der Waals surface area contributed by atoms with Crippen LogP contribution < -0.4 is 4.74 Å². The molecule has 0 N–H and O–H groups in total. The zero-order chi connectivity index (χ0) is 20.4. The zero-order valence-corrected chi connectivity index (χ0v) is 17.0. The van der Waals surface area contributed by atoms with E-state index in [-0.39, 0.29) is 17.9 Å². The highest BCUT2D eigenvalue weighted by molar-refractivity contribution is 5.79. The van der Waals surface area contributed by atoms with Gasteiger partial charge in [-0.1, -0.05) is 35.0 Å². The highest BCUT2D eigenvalue weighted by Crippen LogP contribution is 2.30. The van der Waals surface area contributed by atoms with E-state index in [1.807, 2.05) is 55.1 Å². The molecule has 29 heavy (non-hydrogen) atoms. The number of amides is 1. The van der Waals surface area contributed by atoms with Gasteiger partial charge in [0.05, 0.1) is 12.0 Å². The second-order valence-corrected chi connectivity index (χ2v) is 7.81. The molecule has 1 aromatic heterocycles. The van der Waals surface area contributed by atoms with Gasteiger partial charge >= 0.3 is 0 Å². The first-order valence-corrected chi connectivity index (χ1v) is 9.92. The van der Waals surface area contributed by atoms with Gasteiger partial charge in [-0.05, 0) is 50.6 Å². The number of aryl methyl sites for hydroxylation is 1. The molecule has 2 aromatic carbocycles. The summed E-state index contributed by atoms with van der Waals surface area (Å²) in [7, 11) is 0. The number of likely N-dealkylation sites (tertiary alicyclic amines) is 1. The normalized spacial score (nSPS) is 16.6. The summed E-state index contributed by atoms with van der Waals surface area (Å²) in [6, 6.07) is 15.8. The van der Waals surface area contributed by atoms with Crippen LogP contribution in [0.5, 0.6) is 5.75 Å². The molecule has 0 saturated carbocycles. The van der Waals surface area contributed by atoms with Crippen LogP contribution in [0, 0.1) is 6.92 Å². The fourth-order valence-electron chi connectivity index (χ4n) is 3.59. The summed E-state index contributed by atoms with van der Waals surface area (Å²) >= 11 is 0. The van der Waals surface area contributed by atoms with Crippen molar-refractivity contribution in [3.8, 4) is 17.1 Å². The van der Waals surface area contributed by atoms with E-state index in [0.29, 0.717) is 31.2 Å². The Bertz CT molecular complexity index is 995. The fourth-order valence-corrected chi connectivity index (χ4v) is 3.59. The van der Waals surface area contributed by atoms with E-state index in [0.717, 1.165) is 16.9 Å². The number of carbonyl (C=O) groups is 1. The number of ether oxygens (including phenoxy) is 1. The van der Waals surface area contributed by atoms with E-state index < -0.39 is 0 Å². The van der Waals surface area contributed by atoms with Crippen molar-refractivity contribution in [2.24, 2.45) is 0 Å². The lowest BCUT2D eigenvalue weighted by Gasteiger charge is -2.16. The number of aromatic nitrogens is 2. The molecular weight excluding hydrogens is 366 g/mol. The number of hydrogen-bond acceptors (Lipinski definition) is 5. The maximum Gasteiger partial charge on any atom is 0.232 e. The van der Waals surface area contributed by atoms with Crippen molar-refractivity contribution in [2.45, 2.75) is 45.8 Å². The molecule has 0 spiro atoms. The maximum absolute atomic E-state index is 12.5. The summed E-state index contributed by atoms with van der Waals surface area (Å²) in [6.45, 7) is 7.24. The molecular formula is C23H25N3O3. The van der Waals surface area contributed by atoms with Crippen molar-refractivity contribution in [3.63, 3.8) is 0 Å². The minimum Gasteiger partial charge on any atom is -0.491 e. The predicted molar refractivity (Wildman–Crippen MR) is 109 cm³/mol. The van der Waals surface area contributed by atoms with E-state index in [9.17, 15) is 4.79 Å². The molecule has 1 saturated heterocycles. The Kier molecular flexibility index (Phi) is 5.34. The van der Waals surface area contributed by atoms with Gasteiger partial charge in [-0.15, -0.1) is 0 Å². The molecule has 0 bridgehead atoms. The van der Waals surface area contributed by atoms with Gasteiger partial charge < -0.3 is 14.2 Å². The minimum atomic E-state index is -0.0721. The molecule has 0 aliphatic carbocycles. The van der Waals surface area contributed by atoms with Crippen molar-refractivity contribution in [2.75, 3.05) is 6.54 Å². The lowest BCUT2D eigenvalue weighted by atomic mass is 10.1. The fraction of sp³-hybridized carbons (Fsp3) is 0.348. The molecule has 0 radical (unpaired) electrons. The van der Waals surface area contributed by atoms with Gasteiger partial charge in [0, 0.05) is 25.1 Å². The number of carbonyl (C=O) groups excluding carboxylic acids is 1. The number of hydrogen-bond donors (Lipinski definition) is 0. The van der Waals surface area contributed by atoms with Crippen LogP contribution in [0.2, 0.25) is 0 Å². The van der Waals surface area contributed by atoms with Gasteiger partial charge in [0.2, 0.25) is 17.6 Å². The summed E-state index contributed by atoms with van der Waals surface area (Å²) in [5.41, 5.74) is 3.18. The van der Waals surface area contributed by atoms with Crippen molar-refractivity contribution in [1.29, 1.82) is 0 Å². The highest BCUT2D eigenvalue weighted by atomic mass is 16.5. The third-order valence-corrected chi connectivity index (χ3v) is 4.95. The molecule has 1 amide bonds. The third kappa shape index (κ3) is 4.47. The summed E-state index contributed by atoms with van der Waals surface area (Å²) < 4.78 is 11.2. The largest absolute Gasteiger partial charge is 0.491 e. The van der Waals surface area contributed by atoms with Gasteiger partial charge in [0.15, 0.2) is 0 Å². The van der Waals surface area contributed by atoms with Crippen molar-refractivity contribution < 1.29 is 14.1 Å². The standard InChI is InChI=1S/C23H25N3O3/c1-15(2)28-20-9-7-18(8-10-20)22-24-23(29-25-22)19-12-21(27)26(14-19)13-17-6-4-5-16(3)11-17/h4-11,15,19H,12-14H2,1-3H3. The van der Waals surface area contributed by atoms with Gasteiger partial charge in [-0.2, -0.15) is 4.98 Å². The lowest BCUT2D eigenvalue weighted by Crippen LogP contribution is -2.24. The smallest absolute Gasteiger partial charge is 0.232 e. The quantitative estimate of drug-likeness (QED) is 0.625. The highest BCUT2D eigenvalue weighted by Gasteiger charge is 2.34. The Balaban J connectivity index is 1.43. The van der Waals surface area contributed by atoms with Gasteiger partial charge in [-0.25, -0.2) is 0 Å². The van der Waals surface area contributed by atoms with Crippen molar-refractivity contribution in [1.82, 2.24) is 15.0 Å². The maximum atomic E-state index is 12.5. The van der Waals surface area contributed by atoms with Crippen molar-refractivity contribution in [3.05, 3.63) is 65.5 Å². The number of rotatable bonds is 6. The van der Waals surface area contributed by atoms with E-state index in [4.69, 9.17) is 9.26 Å². The van der Waals surface area contributed by atoms with Crippen LogP contribution in [-0.4, -0.2) is 33.6 Å². The Hall–Kier alpha value is -3.15. The first-order chi connectivity index (χ1) is 14.0. The minimum absolute atomic E-state index is 0.0721. The number of benzene rings is 2. The molecule has 6 nitrogen and oxygen atoms in total. The third-order valence-electron chi connectivity index (χ3n) is 4.95. The molecule has 1 fully saturated rings. The van der Waals surface area contributed by atoms with Gasteiger partial charge in [0.25, 0.3) is 0 Å². The molecule has 3 aromatic rings. The SMILES string of the molecule is Cc1cccc(CN2CC(c3nc(-c4ccc(OC(C)C)cc4)no3)CC2=O)c1. The second kappa shape index (κ2) is 8.07. The van der Waals surface area contributed by atoms with Crippen LogP contribution in [0.1, 0.15) is 43.2 Å². The van der Waals surface area contributed by atoms with Crippen molar-refractivity contribution >= 4 is 5.91 Å². The molecule has 150 valence electrons. The summed E-state index contributed by atoms with van der Waals surface area (Å²) in [6.07, 6.45) is 0.523. The molecule has 4 rings (SSSR count). The molecule has 1 atom stereocenters. The summed E-state index contributed by atoms with van der Waals surface area (Å²) in [5.74, 6) is 1.90. The molecule has 1 unspecified atom stereocenters. The van der Waals surface area contributed by atoms with Gasteiger partial charge in [-0.3, -0.25) is 4.79 Å². The Morgan fingerprint density at radius 1 is 1.21 bits per heavy atom. The predicted octanol–water partition coefficient (Wildman–Crippen LogP) is 4.35. The lowest BCUT2D eigenvalue weighted by molar-refractivity contribution is -0.128. The average Bonchev–Trinajstić information content (AvgIpc) is 3.30. The molecule has 6 heteroatoms. The molecule has 1 aliphatic rings. The zero-order valence-electron chi connectivity index (χ0n) is 17.0. The van der Waals surface area contributed by atoms with E-state index in [2.05, 4.69) is 29.2 Å². The molecule has 1 aliphatic heterocycles. The Labute approximate surface area is 170 Å². The van der Waals surface area contributed by atoms with Crippen LogP contribution in [0.3, 0.4) is 0 Å². The van der Waals surface area contributed by atoms with Crippen LogP contribution in [0.15, 0.2) is 53.1 Å². The summed E-state index contributed by atoms with van der Waals surface area (Å²) in [4.78, 5) is 18.9. The van der Waals surface area contributed by atoms with E-state index in [1.54, 1.807) is 0 Å². The van der Waals surface area contributed by atoms with Crippen LogP contribution in [0.25, 0.3) is 11.4 Å². The Morgan fingerprint density at radius 3 is 2.72 bits per heavy atom. The number of nitrogens with zero attached hydrogens (tertiary/aromatic N) is 3.